The van der Waals surface area contributed by atoms with E-state index in [2.05, 4.69) is 0 Å². The summed E-state index contributed by atoms with van der Waals surface area (Å²) in [6.07, 6.45) is -5.44. The third kappa shape index (κ3) is 2.63. The number of alkyl halides is 1. The van der Waals surface area contributed by atoms with Crippen molar-refractivity contribution in [3.05, 3.63) is 0 Å². The van der Waals surface area contributed by atoms with Gasteiger partial charge in [0.25, 0.3) is 0 Å². The first-order chi connectivity index (χ1) is 6.97. The molecule has 0 aliphatic carbocycles. The van der Waals surface area contributed by atoms with Crippen LogP contribution in [0.1, 0.15) is 6.42 Å². The Labute approximate surface area is 86.0 Å². The Morgan fingerprint density at radius 1 is 1.47 bits per heavy atom. The maximum atomic E-state index is 13.3. The van der Waals surface area contributed by atoms with E-state index in [1.165, 1.54) is 0 Å². The van der Waals surface area contributed by atoms with Crippen molar-refractivity contribution in [1.82, 2.24) is 0 Å². The second-order valence-electron chi connectivity index (χ2n) is 3.58. The fraction of sp³-hybridized carbons (Fsp3) is 0.875. The third-order valence-corrected chi connectivity index (χ3v) is 2.44. The highest BCUT2D eigenvalue weighted by atomic mass is 19.1. The van der Waals surface area contributed by atoms with Crippen LogP contribution in [0, 0.1) is 0 Å². The number of carbonyl (C=O) groups excluding carboxylic acids is 1. The maximum Gasteiger partial charge on any atom is 0.220 e. The van der Waals surface area contributed by atoms with Crippen LogP contribution in [0.2, 0.25) is 0 Å². The van der Waals surface area contributed by atoms with Crippen LogP contribution < -0.4 is 11.5 Å². The van der Waals surface area contributed by atoms with Crippen LogP contribution in [0.25, 0.3) is 0 Å². The lowest BCUT2D eigenvalue weighted by Gasteiger charge is -2.39. The molecule has 0 aromatic carbocycles. The summed E-state index contributed by atoms with van der Waals surface area (Å²) >= 11 is 0. The topological polar surface area (TPSA) is 119 Å². The van der Waals surface area contributed by atoms with E-state index in [1.54, 1.807) is 0 Å². The number of primary amides is 1. The SMILES string of the molecule is NC(=O)CC1O[C@H](CO)C(F)[C@H](O)[C@H]1N. The summed E-state index contributed by atoms with van der Waals surface area (Å²) < 4.78 is 18.3. The summed E-state index contributed by atoms with van der Waals surface area (Å²) in [7, 11) is 0. The molecule has 1 fully saturated rings. The second kappa shape index (κ2) is 4.84. The maximum absolute atomic E-state index is 13.3. The van der Waals surface area contributed by atoms with Gasteiger partial charge in [-0.1, -0.05) is 0 Å². The van der Waals surface area contributed by atoms with Crippen molar-refractivity contribution < 1.29 is 24.1 Å². The van der Waals surface area contributed by atoms with E-state index in [1.807, 2.05) is 0 Å². The zero-order valence-corrected chi connectivity index (χ0v) is 8.04. The predicted octanol–water partition coefficient (Wildman–Crippen LogP) is -2.35. The van der Waals surface area contributed by atoms with Crippen LogP contribution in [0.4, 0.5) is 4.39 Å². The number of aliphatic hydroxyl groups excluding tert-OH is 2. The molecule has 1 aliphatic heterocycles. The molecular formula is C8H15FN2O4. The van der Waals surface area contributed by atoms with Gasteiger partial charge in [-0.25, -0.2) is 4.39 Å². The number of nitrogens with two attached hydrogens (primary N) is 2. The quantitative estimate of drug-likeness (QED) is 0.426. The van der Waals surface area contributed by atoms with Crippen LogP contribution >= 0.6 is 0 Å². The predicted molar refractivity (Wildman–Crippen MR) is 48.4 cm³/mol. The summed E-state index contributed by atoms with van der Waals surface area (Å²) in [6, 6.07) is -1.02. The van der Waals surface area contributed by atoms with E-state index in [0.29, 0.717) is 0 Å². The highest BCUT2D eigenvalue weighted by molar-refractivity contribution is 5.74. The Balaban J connectivity index is 2.69. The van der Waals surface area contributed by atoms with E-state index in [0.717, 1.165) is 0 Å². The van der Waals surface area contributed by atoms with Crippen LogP contribution in [0.3, 0.4) is 0 Å². The van der Waals surface area contributed by atoms with Crippen molar-refractivity contribution in [3.8, 4) is 0 Å². The van der Waals surface area contributed by atoms with E-state index < -0.39 is 43.0 Å². The van der Waals surface area contributed by atoms with Crippen molar-refractivity contribution >= 4 is 5.91 Å². The van der Waals surface area contributed by atoms with Gasteiger partial charge in [0, 0.05) is 0 Å². The minimum absolute atomic E-state index is 0.207. The third-order valence-electron chi connectivity index (χ3n) is 2.44. The van der Waals surface area contributed by atoms with Gasteiger partial charge in [0.2, 0.25) is 5.91 Å². The standard InChI is InChI=1S/C8H15FN2O4/c9-6-4(2-12)15-3(1-5(10)13)7(11)8(6)14/h3-4,6-8,12,14H,1-2,11H2,(H2,10,13)/t3?,4-,6?,7+,8+/m1/s1. The van der Waals surface area contributed by atoms with Crippen LogP contribution in [0.5, 0.6) is 0 Å². The van der Waals surface area contributed by atoms with Gasteiger partial charge >= 0.3 is 0 Å². The molecule has 6 nitrogen and oxygen atoms in total. The molecule has 1 amide bonds. The number of hydrogen-bond donors (Lipinski definition) is 4. The summed E-state index contributed by atoms with van der Waals surface area (Å²) in [6.45, 7) is -0.583. The van der Waals surface area contributed by atoms with Crippen molar-refractivity contribution in [1.29, 1.82) is 0 Å². The van der Waals surface area contributed by atoms with Gasteiger partial charge in [-0.3, -0.25) is 4.79 Å². The van der Waals surface area contributed by atoms with Gasteiger partial charge in [0.05, 0.1) is 25.2 Å². The molecule has 0 aromatic rings. The number of amides is 1. The molecule has 1 saturated heterocycles. The van der Waals surface area contributed by atoms with Crippen molar-refractivity contribution in [3.63, 3.8) is 0 Å². The second-order valence-corrected chi connectivity index (χ2v) is 3.58. The average Bonchev–Trinajstić information content (AvgIpc) is 2.18. The molecule has 1 aliphatic rings. The fourth-order valence-electron chi connectivity index (χ4n) is 1.57. The first-order valence-electron chi connectivity index (χ1n) is 4.59. The largest absolute Gasteiger partial charge is 0.394 e. The fourth-order valence-corrected chi connectivity index (χ4v) is 1.57. The van der Waals surface area contributed by atoms with E-state index >= 15 is 0 Å². The monoisotopic (exact) mass is 222 g/mol. The number of rotatable bonds is 3. The van der Waals surface area contributed by atoms with Crippen LogP contribution in [-0.4, -0.2) is 53.3 Å². The molecular weight excluding hydrogens is 207 g/mol. The zero-order valence-electron chi connectivity index (χ0n) is 8.04. The number of carbonyl (C=O) groups is 1. The first kappa shape index (κ1) is 12.3. The summed E-state index contributed by atoms with van der Waals surface area (Å²) in [5, 5.41) is 18.2. The van der Waals surface area contributed by atoms with Gasteiger partial charge in [0.1, 0.15) is 12.2 Å². The summed E-state index contributed by atoms with van der Waals surface area (Å²) in [4.78, 5) is 10.6. The average molecular weight is 222 g/mol. The Kier molecular flexibility index (Phi) is 3.97. The van der Waals surface area contributed by atoms with E-state index in [4.69, 9.17) is 21.3 Å². The van der Waals surface area contributed by atoms with Gasteiger partial charge in [-0.2, -0.15) is 0 Å². The Morgan fingerprint density at radius 3 is 2.53 bits per heavy atom. The molecule has 5 atom stereocenters. The molecule has 0 saturated carbocycles. The minimum atomic E-state index is -1.76. The van der Waals surface area contributed by atoms with Gasteiger partial charge < -0.3 is 26.4 Å². The molecule has 88 valence electrons. The van der Waals surface area contributed by atoms with Gasteiger partial charge in [-0.05, 0) is 0 Å². The molecule has 7 heteroatoms. The lowest BCUT2D eigenvalue weighted by molar-refractivity contribution is -0.170. The zero-order chi connectivity index (χ0) is 11.6. The molecule has 6 N–H and O–H groups in total. The van der Waals surface area contributed by atoms with Crippen LogP contribution in [-0.2, 0) is 9.53 Å². The minimum Gasteiger partial charge on any atom is -0.394 e. The van der Waals surface area contributed by atoms with Crippen molar-refractivity contribution in [2.24, 2.45) is 11.5 Å². The number of hydrogen-bond acceptors (Lipinski definition) is 5. The molecule has 1 heterocycles. The normalized spacial score (nSPS) is 41.5. The lowest BCUT2D eigenvalue weighted by Crippen LogP contribution is -2.61. The Bertz CT molecular complexity index is 239. The molecule has 1 rings (SSSR count). The summed E-state index contributed by atoms with van der Waals surface area (Å²) in [5.74, 6) is -0.656. The molecule has 0 aromatic heterocycles. The molecule has 0 spiro atoms. The van der Waals surface area contributed by atoms with Gasteiger partial charge in [-0.15, -0.1) is 0 Å². The number of aliphatic hydroxyl groups is 2. The Hall–Kier alpha value is -0.760. The van der Waals surface area contributed by atoms with Crippen molar-refractivity contribution in [2.45, 2.75) is 36.9 Å². The van der Waals surface area contributed by atoms with Crippen molar-refractivity contribution in [2.75, 3.05) is 6.61 Å². The smallest absolute Gasteiger partial charge is 0.220 e. The molecule has 15 heavy (non-hydrogen) atoms. The lowest BCUT2D eigenvalue weighted by atomic mass is 9.93. The first-order valence-corrected chi connectivity index (χ1v) is 4.59. The highest BCUT2D eigenvalue weighted by Crippen LogP contribution is 2.23. The summed E-state index contributed by atoms with van der Waals surface area (Å²) in [5.41, 5.74) is 10.4. The molecule has 2 unspecified atom stereocenters. The number of ether oxygens (including phenoxy) is 1. The Morgan fingerprint density at radius 2 is 2.07 bits per heavy atom. The molecule has 0 radical (unpaired) electrons. The van der Waals surface area contributed by atoms with Gasteiger partial charge in [0.15, 0.2) is 6.17 Å². The van der Waals surface area contributed by atoms with Crippen LogP contribution in [0.15, 0.2) is 0 Å². The van der Waals surface area contributed by atoms with E-state index in [-0.39, 0.29) is 6.42 Å². The van der Waals surface area contributed by atoms with E-state index in [9.17, 15) is 14.3 Å². The number of halogens is 1. The molecule has 0 bridgehead atoms. The highest BCUT2D eigenvalue weighted by Gasteiger charge is 2.43.